The highest BCUT2D eigenvalue weighted by Crippen LogP contribution is 2.54. The molecule has 3 aliphatic carbocycles. The number of rotatable bonds is 9. The molecule has 3 saturated carbocycles. The minimum atomic E-state index is -0.739. The summed E-state index contributed by atoms with van der Waals surface area (Å²) in [6.07, 6.45) is 9.24. The molecule has 166 valence electrons. The summed E-state index contributed by atoms with van der Waals surface area (Å²) in [6, 6.07) is 6.07. The van der Waals surface area contributed by atoms with Gasteiger partial charge in [0.1, 0.15) is 5.75 Å². The van der Waals surface area contributed by atoms with Crippen molar-refractivity contribution in [2.45, 2.75) is 51.5 Å². The first-order chi connectivity index (χ1) is 15.0. The van der Waals surface area contributed by atoms with Gasteiger partial charge in [-0.3, -0.25) is 9.59 Å². The predicted molar refractivity (Wildman–Crippen MR) is 124 cm³/mol. The number of hydrogen-bond acceptors (Lipinski definition) is 4. The van der Waals surface area contributed by atoms with Crippen LogP contribution in [0.2, 0.25) is 0 Å². The second-order valence-corrected chi connectivity index (χ2v) is 9.91. The van der Waals surface area contributed by atoms with Gasteiger partial charge in [-0.05, 0) is 74.0 Å². The molecule has 2 aromatic rings. The first-order valence-electron chi connectivity index (χ1n) is 11.2. The standard InChI is InChI=1S/C25H31NO4S/c1-15-16-11-19(15)18(7-5-3-4-6-8-24(27)28)22(12-16)26-25(29)21-14-31-23-10-9-17(30-2)13-20(21)23/h3,5,9-10,13-16,18-19,22H,4,6-8,11-12H2,1-2H3,(H,26,29)(H,27,28)/b5-3-/t15?,16-,18+,19-,22+/m1/s1. The van der Waals surface area contributed by atoms with E-state index in [9.17, 15) is 9.59 Å². The number of carboxylic acid groups (broad SMARTS) is 1. The van der Waals surface area contributed by atoms with Crippen molar-refractivity contribution in [1.82, 2.24) is 5.32 Å². The van der Waals surface area contributed by atoms with E-state index in [0.29, 0.717) is 24.2 Å². The number of methoxy groups -OCH3 is 1. The van der Waals surface area contributed by atoms with Gasteiger partial charge in [-0.15, -0.1) is 11.3 Å². The predicted octanol–water partition coefficient (Wildman–Crippen LogP) is 5.50. The highest BCUT2D eigenvalue weighted by atomic mass is 32.1. The maximum atomic E-state index is 13.2. The molecular weight excluding hydrogens is 410 g/mol. The van der Waals surface area contributed by atoms with E-state index >= 15 is 0 Å². The van der Waals surface area contributed by atoms with Gasteiger partial charge in [0.2, 0.25) is 0 Å². The van der Waals surface area contributed by atoms with Crippen LogP contribution in [0.1, 0.15) is 55.8 Å². The zero-order chi connectivity index (χ0) is 22.0. The summed E-state index contributed by atoms with van der Waals surface area (Å²) < 4.78 is 6.43. The Hall–Kier alpha value is -2.34. The van der Waals surface area contributed by atoms with E-state index in [2.05, 4.69) is 24.4 Å². The van der Waals surface area contributed by atoms with Crippen molar-refractivity contribution >= 4 is 33.3 Å². The Kier molecular flexibility index (Phi) is 6.65. The summed E-state index contributed by atoms with van der Waals surface area (Å²) in [4.78, 5) is 23.9. The highest BCUT2D eigenvalue weighted by molar-refractivity contribution is 7.17. The molecule has 3 fully saturated rings. The fraction of sp³-hybridized carbons (Fsp3) is 0.520. The van der Waals surface area contributed by atoms with Crippen LogP contribution >= 0.6 is 11.3 Å². The molecule has 5 nitrogen and oxygen atoms in total. The molecule has 2 N–H and O–H groups in total. The molecule has 1 unspecified atom stereocenters. The van der Waals surface area contributed by atoms with Crippen molar-refractivity contribution in [3.05, 3.63) is 41.3 Å². The van der Waals surface area contributed by atoms with Crippen molar-refractivity contribution in [1.29, 1.82) is 0 Å². The van der Waals surface area contributed by atoms with Crippen LogP contribution in [0.5, 0.6) is 5.75 Å². The number of ether oxygens (including phenoxy) is 1. The van der Waals surface area contributed by atoms with Crippen molar-refractivity contribution in [2.24, 2.45) is 23.7 Å². The molecule has 2 bridgehead atoms. The van der Waals surface area contributed by atoms with Crippen LogP contribution in [-0.2, 0) is 4.79 Å². The van der Waals surface area contributed by atoms with Crippen molar-refractivity contribution in [3.8, 4) is 5.75 Å². The van der Waals surface area contributed by atoms with Crippen LogP contribution in [0.25, 0.3) is 10.1 Å². The van der Waals surface area contributed by atoms with Crippen LogP contribution in [0.15, 0.2) is 35.7 Å². The Morgan fingerprint density at radius 1 is 1.29 bits per heavy atom. The number of unbranched alkanes of at least 4 members (excludes halogenated alkanes) is 1. The van der Waals surface area contributed by atoms with Crippen LogP contribution in [0.4, 0.5) is 0 Å². The fourth-order valence-corrected chi connectivity index (χ4v) is 6.33. The van der Waals surface area contributed by atoms with Crippen molar-refractivity contribution in [2.75, 3.05) is 7.11 Å². The third-order valence-corrected chi connectivity index (χ3v) is 8.26. The summed E-state index contributed by atoms with van der Waals surface area (Å²) in [6.45, 7) is 2.35. The summed E-state index contributed by atoms with van der Waals surface area (Å²) >= 11 is 1.59. The van der Waals surface area contributed by atoms with Crippen LogP contribution in [0.3, 0.4) is 0 Å². The largest absolute Gasteiger partial charge is 0.497 e. The Bertz CT molecular complexity index is 981. The van der Waals surface area contributed by atoms with E-state index in [-0.39, 0.29) is 18.4 Å². The number of carbonyl (C=O) groups is 2. The Morgan fingerprint density at radius 3 is 2.87 bits per heavy atom. The number of amides is 1. The normalized spacial score (nSPS) is 27.2. The molecule has 0 radical (unpaired) electrons. The smallest absolute Gasteiger partial charge is 0.303 e. The topological polar surface area (TPSA) is 75.6 Å². The molecule has 5 atom stereocenters. The minimum absolute atomic E-state index is 0.00824. The van der Waals surface area contributed by atoms with Crippen LogP contribution in [0, 0.1) is 23.7 Å². The Balaban J connectivity index is 1.43. The van der Waals surface area contributed by atoms with Crippen molar-refractivity contribution < 1.29 is 19.4 Å². The molecule has 1 aromatic heterocycles. The molecule has 3 aliphatic rings. The van der Waals surface area contributed by atoms with Gasteiger partial charge in [0.15, 0.2) is 0 Å². The average Bonchev–Trinajstić information content (AvgIpc) is 3.19. The first kappa shape index (κ1) is 21.9. The quantitative estimate of drug-likeness (QED) is 0.398. The molecule has 0 saturated heterocycles. The van der Waals surface area contributed by atoms with Crippen molar-refractivity contribution in [3.63, 3.8) is 0 Å². The number of hydrogen-bond donors (Lipinski definition) is 2. The molecular formula is C25H31NO4S. The van der Waals surface area contributed by atoms with E-state index in [1.165, 1.54) is 6.42 Å². The van der Waals surface area contributed by atoms with Gasteiger partial charge in [-0.1, -0.05) is 19.1 Å². The number of fused-ring (bicyclic) bond motifs is 3. The monoisotopic (exact) mass is 441 g/mol. The summed E-state index contributed by atoms with van der Waals surface area (Å²) in [5.74, 6) is 2.57. The van der Waals surface area contributed by atoms with E-state index in [1.54, 1.807) is 18.4 Å². The Morgan fingerprint density at radius 2 is 2.13 bits per heavy atom. The fourth-order valence-electron chi connectivity index (χ4n) is 5.41. The molecule has 1 aromatic carbocycles. The average molecular weight is 442 g/mol. The number of aliphatic carboxylic acids is 1. The molecule has 1 amide bonds. The van der Waals surface area contributed by atoms with Gasteiger partial charge in [0.05, 0.1) is 12.7 Å². The third kappa shape index (κ3) is 4.64. The molecule has 31 heavy (non-hydrogen) atoms. The number of carboxylic acids is 1. The lowest BCUT2D eigenvalue weighted by Gasteiger charge is -2.56. The summed E-state index contributed by atoms with van der Waals surface area (Å²) in [7, 11) is 1.64. The second kappa shape index (κ2) is 9.43. The second-order valence-electron chi connectivity index (χ2n) is 9.00. The maximum absolute atomic E-state index is 13.2. The van der Waals surface area contributed by atoms with Gasteiger partial charge in [-0.2, -0.15) is 0 Å². The van der Waals surface area contributed by atoms with Crippen LogP contribution in [-0.4, -0.2) is 30.1 Å². The third-order valence-electron chi connectivity index (χ3n) is 7.30. The van der Waals surface area contributed by atoms with Gasteiger partial charge < -0.3 is 15.2 Å². The number of allylic oxidation sites excluding steroid dienone is 2. The maximum Gasteiger partial charge on any atom is 0.303 e. The lowest BCUT2D eigenvalue weighted by atomic mass is 9.51. The molecule has 6 heteroatoms. The lowest BCUT2D eigenvalue weighted by molar-refractivity contribution is -0.137. The van der Waals surface area contributed by atoms with E-state index in [4.69, 9.17) is 9.84 Å². The van der Waals surface area contributed by atoms with Gasteiger partial charge in [0, 0.05) is 27.9 Å². The zero-order valence-corrected chi connectivity index (χ0v) is 19.0. The Labute approximate surface area is 187 Å². The minimum Gasteiger partial charge on any atom is -0.497 e. The van der Waals surface area contributed by atoms with E-state index < -0.39 is 5.97 Å². The summed E-state index contributed by atoms with van der Waals surface area (Å²) in [5.41, 5.74) is 0.731. The van der Waals surface area contributed by atoms with Gasteiger partial charge >= 0.3 is 5.97 Å². The molecule has 0 aliphatic heterocycles. The SMILES string of the molecule is COc1ccc2scc(C(=O)N[C@H]3C[C@H]4C[C@H](C4C)[C@@H]3C/C=C\CCCC(=O)O)c2c1. The lowest BCUT2D eigenvalue weighted by Crippen LogP contribution is -2.56. The zero-order valence-electron chi connectivity index (χ0n) is 18.2. The van der Waals surface area contributed by atoms with E-state index in [1.807, 2.05) is 23.6 Å². The highest BCUT2D eigenvalue weighted by Gasteiger charge is 2.50. The number of thiophene rings is 1. The van der Waals surface area contributed by atoms with Gasteiger partial charge in [-0.25, -0.2) is 0 Å². The number of carbonyl (C=O) groups excluding carboxylic acids is 1. The molecule has 5 rings (SSSR count). The summed E-state index contributed by atoms with van der Waals surface area (Å²) in [5, 5.41) is 15.0. The van der Waals surface area contributed by atoms with Gasteiger partial charge in [0.25, 0.3) is 5.91 Å². The van der Waals surface area contributed by atoms with E-state index in [0.717, 1.165) is 46.6 Å². The number of benzene rings is 1. The first-order valence-corrected chi connectivity index (χ1v) is 12.1. The number of nitrogens with one attached hydrogen (secondary N) is 1. The molecule has 0 spiro atoms. The molecule has 1 heterocycles. The van der Waals surface area contributed by atoms with Crippen LogP contribution < -0.4 is 10.1 Å².